The maximum atomic E-state index is 14.2. The van der Waals surface area contributed by atoms with Gasteiger partial charge in [0, 0.05) is 11.1 Å². The summed E-state index contributed by atoms with van der Waals surface area (Å²) in [6.45, 7) is 8.01. The lowest BCUT2D eigenvalue weighted by atomic mass is 9.95. The first-order valence-electron chi connectivity index (χ1n) is 7.47. The molecule has 0 radical (unpaired) electrons. The molecule has 120 valence electrons. The Bertz CT molecular complexity index is 723. The van der Waals surface area contributed by atoms with Crippen LogP contribution in [0.15, 0.2) is 43.0 Å². The quantitative estimate of drug-likeness (QED) is 0.724. The van der Waals surface area contributed by atoms with Crippen LogP contribution < -0.4 is 4.74 Å². The molecule has 0 amide bonds. The molecule has 2 aromatic rings. The molecule has 0 heterocycles. The fraction of sp³-hybridized carbons (Fsp3) is 0.211. The van der Waals surface area contributed by atoms with Gasteiger partial charge in [0.2, 0.25) is 0 Å². The molecule has 0 aliphatic rings. The normalized spacial score (nSPS) is 10.2. The van der Waals surface area contributed by atoms with Crippen molar-refractivity contribution in [2.24, 2.45) is 0 Å². The average molecular weight is 314 g/mol. The van der Waals surface area contributed by atoms with Crippen LogP contribution in [-0.4, -0.2) is 19.2 Å². The third-order valence-electron chi connectivity index (χ3n) is 3.31. The molecule has 23 heavy (non-hydrogen) atoms. The zero-order chi connectivity index (χ0) is 16.8. The van der Waals surface area contributed by atoms with Crippen molar-refractivity contribution >= 4 is 12.0 Å². The number of halogens is 1. The zero-order valence-electron chi connectivity index (χ0n) is 13.3. The molecule has 3 nitrogen and oxygen atoms in total. The summed E-state index contributed by atoms with van der Waals surface area (Å²) in [5.74, 6) is -0.380. The van der Waals surface area contributed by atoms with E-state index in [2.05, 4.69) is 6.58 Å². The summed E-state index contributed by atoms with van der Waals surface area (Å²) in [5.41, 5.74) is 1.95. The van der Waals surface area contributed by atoms with Crippen molar-refractivity contribution in [1.29, 1.82) is 0 Å². The highest BCUT2D eigenvalue weighted by Crippen LogP contribution is 2.37. The van der Waals surface area contributed by atoms with Crippen LogP contribution in [0, 0.1) is 5.82 Å². The molecular weight excluding hydrogens is 295 g/mol. The Balaban J connectivity index is 2.67. The number of benzene rings is 2. The number of hydrogen-bond donors (Lipinski definition) is 0. The third-order valence-corrected chi connectivity index (χ3v) is 3.31. The molecule has 4 heteroatoms. The topological polar surface area (TPSA) is 35.5 Å². The van der Waals surface area contributed by atoms with E-state index in [1.807, 2.05) is 6.92 Å². The fourth-order valence-electron chi connectivity index (χ4n) is 2.35. The van der Waals surface area contributed by atoms with Gasteiger partial charge >= 0.3 is 5.97 Å². The van der Waals surface area contributed by atoms with Crippen LogP contribution in [0.4, 0.5) is 4.39 Å². The minimum Gasteiger partial charge on any atom is -0.493 e. The van der Waals surface area contributed by atoms with E-state index in [0.717, 1.165) is 0 Å². The highest BCUT2D eigenvalue weighted by molar-refractivity contribution is 5.94. The predicted octanol–water partition coefficient (Wildman–Crippen LogP) is 4.71. The molecule has 0 aliphatic heterocycles. The lowest BCUT2D eigenvalue weighted by Crippen LogP contribution is -2.07. The Morgan fingerprint density at radius 3 is 2.57 bits per heavy atom. The monoisotopic (exact) mass is 314 g/mol. The van der Waals surface area contributed by atoms with Gasteiger partial charge in [-0.25, -0.2) is 9.18 Å². The molecule has 0 saturated heterocycles. The van der Waals surface area contributed by atoms with Gasteiger partial charge in [0.05, 0.1) is 18.8 Å². The highest BCUT2D eigenvalue weighted by atomic mass is 19.1. The van der Waals surface area contributed by atoms with Gasteiger partial charge in [0.15, 0.2) is 0 Å². The van der Waals surface area contributed by atoms with Gasteiger partial charge in [0.25, 0.3) is 0 Å². The molecule has 0 unspecified atom stereocenters. The Hall–Kier alpha value is -2.62. The molecule has 0 N–H and O–H groups in total. The van der Waals surface area contributed by atoms with E-state index in [9.17, 15) is 9.18 Å². The lowest BCUT2D eigenvalue weighted by molar-refractivity contribution is 0.0526. The summed E-state index contributed by atoms with van der Waals surface area (Å²) < 4.78 is 24.9. The molecule has 0 aliphatic carbocycles. The first-order valence-corrected chi connectivity index (χ1v) is 7.47. The van der Waals surface area contributed by atoms with E-state index in [1.54, 1.807) is 43.3 Å². The minimum absolute atomic E-state index is 0.279. The van der Waals surface area contributed by atoms with Crippen molar-refractivity contribution in [3.05, 3.63) is 59.9 Å². The SMILES string of the molecule is C=Cc1cc(C(=O)OCC)cc(OCC)c1-c1ccccc1F. The predicted molar refractivity (Wildman–Crippen MR) is 89.1 cm³/mol. The standard InChI is InChI=1S/C19H19FO3/c1-4-13-11-14(19(21)23-6-3)12-17(22-5-2)18(13)15-9-7-8-10-16(15)20/h4,7-12H,1,5-6H2,2-3H3. The van der Waals surface area contributed by atoms with Crippen molar-refractivity contribution in [1.82, 2.24) is 0 Å². The van der Waals surface area contributed by atoms with Crippen molar-refractivity contribution in [3.8, 4) is 16.9 Å². The second-order valence-corrected chi connectivity index (χ2v) is 4.78. The maximum Gasteiger partial charge on any atom is 0.338 e. The third kappa shape index (κ3) is 3.59. The second kappa shape index (κ2) is 7.58. The van der Waals surface area contributed by atoms with Gasteiger partial charge < -0.3 is 9.47 Å². The van der Waals surface area contributed by atoms with Crippen LogP contribution in [0.1, 0.15) is 29.8 Å². The van der Waals surface area contributed by atoms with Crippen molar-refractivity contribution in [2.45, 2.75) is 13.8 Å². The number of carbonyl (C=O) groups is 1. The average Bonchev–Trinajstić information content (AvgIpc) is 2.55. The molecule has 0 spiro atoms. The van der Waals surface area contributed by atoms with Crippen LogP contribution in [0.3, 0.4) is 0 Å². The van der Waals surface area contributed by atoms with E-state index >= 15 is 0 Å². The Morgan fingerprint density at radius 1 is 1.22 bits per heavy atom. The molecule has 0 fully saturated rings. The fourth-order valence-corrected chi connectivity index (χ4v) is 2.35. The van der Waals surface area contributed by atoms with E-state index < -0.39 is 5.97 Å². The zero-order valence-corrected chi connectivity index (χ0v) is 13.3. The van der Waals surface area contributed by atoms with Gasteiger partial charge in [-0.05, 0) is 37.6 Å². The summed E-state index contributed by atoms with van der Waals surface area (Å²) in [5, 5.41) is 0. The van der Waals surface area contributed by atoms with Gasteiger partial charge in [-0.2, -0.15) is 0 Å². The Kier molecular flexibility index (Phi) is 5.52. The van der Waals surface area contributed by atoms with E-state index in [-0.39, 0.29) is 12.4 Å². The first-order chi connectivity index (χ1) is 11.1. The van der Waals surface area contributed by atoms with Crippen LogP contribution in [0.2, 0.25) is 0 Å². The highest BCUT2D eigenvalue weighted by Gasteiger charge is 2.18. The van der Waals surface area contributed by atoms with Crippen molar-refractivity contribution in [2.75, 3.05) is 13.2 Å². The van der Waals surface area contributed by atoms with Crippen molar-refractivity contribution < 1.29 is 18.7 Å². The Morgan fingerprint density at radius 2 is 1.96 bits per heavy atom. The number of esters is 1. The first kappa shape index (κ1) is 16.7. The number of rotatable bonds is 6. The van der Waals surface area contributed by atoms with Crippen LogP contribution in [0.25, 0.3) is 17.2 Å². The maximum absolute atomic E-state index is 14.2. The summed E-state index contributed by atoms with van der Waals surface area (Å²) in [4.78, 5) is 12.0. The number of ether oxygens (including phenoxy) is 2. The largest absolute Gasteiger partial charge is 0.493 e. The van der Waals surface area contributed by atoms with Crippen molar-refractivity contribution in [3.63, 3.8) is 0 Å². The minimum atomic E-state index is -0.448. The summed E-state index contributed by atoms with van der Waals surface area (Å²) in [7, 11) is 0. The van der Waals surface area contributed by atoms with E-state index in [1.165, 1.54) is 6.07 Å². The van der Waals surface area contributed by atoms with Crippen LogP contribution >= 0.6 is 0 Å². The summed E-state index contributed by atoms with van der Waals surface area (Å²) in [6, 6.07) is 9.65. The summed E-state index contributed by atoms with van der Waals surface area (Å²) >= 11 is 0. The molecule has 2 rings (SSSR count). The number of hydrogen-bond acceptors (Lipinski definition) is 3. The van der Waals surface area contributed by atoms with Crippen LogP contribution in [-0.2, 0) is 4.74 Å². The molecule has 0 aromatic heterocycles. The van der Waals surface area contributed by atoms with E-state index in [0.29, 0.717) is 34.6 Å². The molecular formula is C19H19FO3. The molecule has 2 aromatic carbocycles. The Labute approximate surface area is 135 Å². The van der Waals surface area contributed by atoms with Crippen LogP contribution in [0.5, 0.6) is 5.75 Å². The summed E-state index contributed by atoms with van der Waals surface area (Å²) in [6.07, 6.45) is 1.58. The lowest BCUT2D eigenvalue weighted by Gasteiger charge is -2.16. The number of carbonyl (C=O) groups excluding carboxylic acids is 1. The molecule has 0 atom stereocenters. The van der Waals surface area contributed by atoms with Gasteiger partial charge in [-0.1, -0.05) is 30.9 Å². The van der Waals surface area contributed by atoms with Gasteiger partial charge in [-0.15, -0.1) is 0 Å². The van der Waals surface area contributed by atoms with Gasteiger partial charge in [0.1, 0.15) is 11.6 Å². The molecule has 0 bridgehead atoms. The molecule has 0 saturated carbocycles. The second-order valence-electron chi connectivity index (χ2n) is 4.78. The van der Waals surface area contributed by atoms with Gasteiger partial charge in [-0.3, -0.25) is 0 Å². The smallest absolute Gasteiger partial charge is 0.338 e. The van der Waals surface area contributed by atoms with E-state index in [4.69, 9.17) is 9.47 Å².